The Balaban J connectivity index is 1.54. The lowest BCUT2D eigenvalue weighted by molar-refractivity contribution is -0.133. The quantitative estimate of drug-likeness (QED) is 0.503. The number of nitrogens with zero attached hydrogens (tertiary/aromatic N) is 2. The van der Waals surface area contributed by atoms with E-state index in [1.54, 1.807) is 64.6 Å². The summed E-state index contributed by atoms with van der Waals surface area (Å²) < 4.78 is 24.1. The van der Waals surface area contributed by atoms with Crippen molar-refractivity contribution in [1.82, 2.24) is 9.80 Å². The van der Waals surface area contributed by atoms with Gasteiger partial charge in [-0.15, -0.1) is 0 Å². The number of methoxy groups -OCH3 is 1. The lowest BCUT2D eigenvalue weighted by Crippen LogP contribution is -2.43. The second-order valence-electron chi connectivity index (χ2n) is 7.82. The average molecular weight is 436 g/mol. The van der Waals surface area contributed by atoms with Crippen LogP contribution in [0.3, 0.4) is 0 Å². The summed E-state index contributed by atoms with van der Waals surface area (Å²) in [5, 5.41) is 0. The van der Waals surface area contributed by atoms with Crippen molar-refractivity contribution in [3.63, 3.8) is 0 Å². The molecule has 1 aromatic heterocycles. The molecule has 7 heteroatoms. The van der Waals surface area contributed by atoms with E-state index < -0.39 is 0 Å². The van der Waals surface area contributed by atoms with Gasteiger partial charge in [-0.3, -0.25) is 9.59 Å². The second kappa shape index (κ2) is 9.68. The van der Waals surface area contributed by atoms with Gasteiger partial charge < -0.3 is 19.0 Å². The van der Waals surface area contributed by atoms with Gasteiger partial charge in [0, 0.05) is 12.6 Å². The molecule has 1 heterocycles. The molecule has 0 spiro atoms. The number of hydrogen-bond acceptors (Lipinski definition) is 4. The highest BCUT2D eigenvalue weighted by molar-refractivity contribution is 5.99. The molecule has 6 nitrogen and oxygen atoms in total. The Morgan fingerprint density at radius 1 is 1.03 bits per heavy atom. The van der Waals surface area contributed by atoms with Gasteiger partial charge in [-0.2, -0.15) is 0 Å². The summed E-state index contributed by atoms with van der Waals surface area (Å²) in [6.45, 7) is 0.481. The number of rotatable bonds is 9. The Hall–Kier alpha value is -3.61. The summed E-state index contributed by atoms with van der Waals surface area (Å²) in [4.78, 5) is 29.9. The van der Waals surface area contributed by atoms with Crippen LogP contribution in [0.25, 0.3) is 0 Å². The maximum Gasteiger partial charge on any atom is 0.258 e. The van der Waals surface area contributed by atoms with Crippen LogP contribution in [-0.2, 0) is 17.9 Å². The van der Waals surface area contributed by atoms with Crippen molar-refractivity contribution in [3.8, 4) is 5.75 Å². The van der Waals surface area contributed by atoms with Crippen LogP contribution in [0.2, 0.25) is 0 Å². The van der Waals surface area contributed by atoms with E-state index in [2.05, 4.69) is 0 Å². The molecular weight excluding hydrogens is 411 g/mol. The molecule has 2 aromatic carbocycles. The Morgan fingerprint density at radius 3 is 2.44 bits per heavy atom. The number of halogens is 1. The molecule has 0 aliphatic heterocycles. The standard InChI is InChI=1S/C25H25FN2O4/c1-31-23-7-3-2-6-22(23)25(30)28(20-12-13-20)17-24(29)27(16-21-5-4-14-32-21)15-18-8-10-19(26)11-9-18/h2-11,14,20H,12-13,15-17H2,1H3. The third kappa shape index (κ3) is 5.17. The summed E-state index contributed by atoms with van der Waals surface area (Å²) in [5.74, 6) is 0.350. The van der Waals surface area contributed by atoms with Crippen LogP contribution in [0.4, 0.5) is 4.39 Å². The van der Waals surface area contributed by atoms with Crippen LogP contribution in [0, 0.1) is 5.82 Å². The summed E-state index contributed by atoms with van der Waals surface area (Å²) in [7, 11) is 1.52. The summed E-state index contributed by atoms with van der Waals surface area (Å²) in [6.07, 6.45) is 3.28. The summed E-state index contributed by atoms with van der Waals surface area (Å²) in [5.41, 5.74) is 1.23. The minimum Gasteiger partial charge on any atom is -0.496 e. The number of furan rings is 1. The fraction of sp³-hybridized carbons (Fsp3) is 0.280. The van der Waals surface area contributed by atoms with E-state index in [1.807, 2.05) is 0 Å². The number of benzene rings is 2. The lowest BCUT2D eigenvalue weighted by Gasteiger charge is -2.28. The molecule has 0 radical (unpaired) electrons. The molecule has 0 saturated heterocycles. The first-order valence-corrected chi connectivity index (χ1v) is 10.5. The van der Waals surface area contributed by atoms with Gasteiger partial charge in [0.2, 0.25) is 5.91 Å². The topological polar surface area (TPSA) is 63.0 Å². The molecule has 0 bridgehead atoms. The molecule has 0 atom stereocenters. The predicted molar refractivity (Wildman–Crippen MR) is 116 cm³/mol. The summed E-state index contributed by atoms with van der Waals surface area (Å²) >= 11 is 0. The van der Waals surface area contributed by atoms with E-state index in [4.69, 9.17) is 9.15 Å². The number of carbonyl (C=O) groups is 2. The van der Waals surface area contributed by atoms with Gasteiger partial charge in [0.25, 0.3) is 5.91 Å². The molecular formula is C25H25FN2O4. The monoisotopic (exact) mass is 436 g/mol. The van der Waals surface area contributed by atoms with E-state index >= 15 is 0 Å². The van der Waals surface area contributed by atoms with E-state index in [-0.39, 0.29) is 43.3 Å². The molecule has 0 N–H and O–H groups in total. The largest absolute Gasteiger partial charge is 0.496 e. The number of amides is 2. The Labute approximate surface area is 186 Å². The smallest absolute Gasteiger partial charge is 0.258 e. The van der Waals surface area contributed by atoms with Crippen molar-refractivity contribution in [2.75, 3.05) is 13.7 Å². The predicted octanol–water partition coefficient (Wildman–Crippen LogP) is 4.26. The minimum absolute atomic E-state index is 0.0349. The second-order valence-corrected chi connectivity index (χ2v) is 7.82. The van der Waals surface area contributed by atoms with E-state index in [0.717, 1.165) is 18.4 Å². The maximum absolute atomic E-state index is 13.4. The van der Waals surface area contributed by atoms with Crippen LogP contribution in [0.1, 0.15) is 34.5 Å². The fourth-order valence-electron chi connectivity index (χ4n) is 3.61. The molecule has 3 aromatic rings. The molecule has 1 aliphatic rings. The zero-order valence-electron chi connectivity index (χ0n) is 17.9. The van der Waals surface area contributed by atoms with Gasteiger partial charge >= 0.3 is 0 Å². The van der Waals surface area contributed by atoms with Gasteiger partial charge in [0.15, 0.2) is 0 Å². The SMILES string of the molecule is COc1ccccc1C(=O)N(CC(=O)N(Cc1ccc(F)cc1)Cc1ccco1)C1CC1. The van der Waals surface area contributed by atoms with Gasteiger partial charge in [0.05, 0.1) is 25.5 Å². The van der Waals surface area contributed by atoms with Crippen molar-refractivity contribution in [2.45, 2.75) is 32.0 Å². The lowest BCUT2D eigenvalue weighted by atomic mass is 10.1. The van der Waals surface area contributed by atoms with Crippen molar-refractivity contribution >= 4 is 11.8 Å². The third-order valence-electron chi connectivity index (χ3n) is 5.46. The first-order chi connectivity index (χ1) is 15.5. The Morgan fingerprint density at radius 2 is 1.78 bits per heavy atom. The Kier molecular flexibility index (Phi) is 6.54. The molecule has 4 rings (SSSR count). The molecule has 1 aliphatic carbocycles. The van der Waals surface area contributed by atoms with Gasteiger partial charge in [0.1, 0.15) is 23.9 Å². The molecule has 2 amide bonds. The van der Waals surface area contributed by atoms with Gasteiger partial charge in [-0.05, 0) is 54.8 Å². The molecule has 1 saturated carbocycles. The van der Waals surface area contributed by atoms with Crippen molar-refractivity contribution < 1.29 is 23.1 Å². The average Bonchev–Trinajstić information content (AvgIpc) is 3.53. The molecule has 0 unspecified atom stereocenters. The van der Waals surface area contributed by atoms with Gasteiger partial charge in [-0.25, -0.2) is 4.39 Å². The number of ether oxygens (including phenoxy) is 1. The highest BCUT2D eigenvalue weighted by Gasteiger charge is 2.36. The number of carbonyl (C=O) groups excluding carboxylic acids is 2. The van der Waals surface area contributed by atoms with E-state index in [0.29, 0.717) is 17.1 Å². The van der Waals surface area contributed by atoms with Crippen LogP contribution in [0.5, 0.6) is 5.75 Å². The minimum atomic E-state index is -0.333. The molecule has 166 valence electrons. The highest BCUT2D eigenvalue weighted by atomic mass is 19.1. The number of para-hydroxylation sites is 1. The normalized spacial score (nSPS) is 12.9. The van der Waals surface area contributed by atoms with Crippen LogP contribution in [0.15, 0.2) is 71.3 Å². The van der Waals surface area contributed by atoms with Crippen LogP contribution < -0.4 is 4.74 Å². The molecule has 1 fully saturated rings. The van der Waals surface area contributed by atoms with E-state index in [9.17, 15) is 14.0 Å². The zero-order chi connectivity index (χ0) is 22.5. The van der Waals surface area contributed by atoms with Crippen molar-refractivity contribution in [3.05, 3.63) is 89.6 Å². The van der Waals surface area contributed by atoms with Crippen LogP contribution in [-0.4, -0.2) is 41.3 Å². The van der Waals surface area contributed by atoms with Crippen molar-refractivity contribution in [1.29, 1.82) is 0 Å². The maximum atomic E-state index is 13.4. The van der Waals surface area contributed by atoms with E-state index in [1.165, 1.54) is 19.2 Å². The third-order valence-corrected chi connectivity index (χ3v) is 5.46. The zero-order valence-corrected chi connectivity index (χ0v) is 17.9. The highest BCUT2D eigenvalue weighted by Crippen LogP contribution is 2.30. The fourth-order valence-corrected chi connectivity index (χ4v) is 3.61. The first-order valence-electron chi connectivity index (χ1n) is 10.5. The first kappa shape index (κ1) is 21.6. The van der Waals surface area contributed by atoms with Crippen LogP contribution >= 0.6 is 0 Å². The summed E-state index contributed by atoms with van der Waals surface area (Å²) in [6, 6.07) is 16.6. The molecule has 32 heavy (non-hydrogen) atoms. The Bertz CT molecular complexity index is 1060. The number of hydrogen-bond donors (Lipinski definition) is 0. The van der Waals surface area contributed by atoms with Gasteiger partial charge in [-0.1, -0.05) is 24.3 Å². The van der Waals surface area contributed by atoms with Crippen molar-refractivity contribution in [2.24, 2.45) is 0 Å².